The third kappa shape index (κ3) is 8.51. The van der Waals surface area contributed by atoms with Crippen molar-refractivity contribution in [3.05, 3.63) is 114 Å². The fourth-order valence-electron chi connectivity index (χ4n) is 4.22. The molecule has 2 N–H and O–H groups in total. The Balaban J connectivity index is 1.52. The maximum absolute atomic E-state index is 13.6. The monoisotopic (exact) mass is 627 g/mol. The zero-order valence-electron chi connectivity index (χ0n) is 23.5. The molecular formula is C31H28F3N3O6S. The molecule has 0 heterocycles. The Bertz CT molecular complexity index is 1700. The number of benzene rings is 4. The Labute approximate surface area is 252 Å². The number of nitrogens with zero attached hydrogens (tertiary/aromatic N) is 1. The van der Waals surface area contributed by atoms with Crippen molar-refractivity contribution in [3.8, 4) is 11.5 Å². The topological polar surface area (TPSA) is 114 Å². The van der Waals surface area contributed by atoms with E-state index in [0.29, 0.717) is 11.4 Å². The molecule has 0 aliphatic carbocycles. The molecule has 4 aromatic carbocycles. The van der Waals surface area contributed by atoms with Crippen molar-refractivity contribution in [2.24, 2.45) is 0 Å². The third-order valence-corrected chi connectivity index (χ3v) is 7.82. The second-order valence-corrected chi connectivity index (χ2v) is 11.2. The van der Waals surface area contributed by atoms with Gasteiger partial charge >= 0.3 is 6.36 Å². The lowest BCUT2D eigenvalue weighted by atomic mass is 10.0. The second-order valence-electron chi connectivity index (χ2n) is 9.52. The highest BCUT2D eigenvalue weighted by Gasteiger charge is 2.31. The minimum Gasteiger partial charge on any atom is -0.497 e. The predicted molar refractivity (Wildman–Crippen MR) is 158 cm³/mol. The summed E-state index contributed by atoms with van der Waals surface area (Å²) >= 11 is 0. The van der Waals surface area contributed by atoms with Crippen LogP contribution >= 0.6 is 0 Å². The number of likely N-dealkylation sites (N-methyl/N-ethyl adjacent to an activating group) is 1. The number of amides is 2. The van der Waals surface area contributed by atoms with Crippen LogP contribution in [-0.4, -0.2) is 46.8 Å². The summed E-state index contributed by atoms with van der Waals surface area (Å²) in [6.07, 6.45) is -4.73. The molecule has 0 unspecified atom stereocenters. The fraction of sp³-hybridized carbons (Fsp3) is 0.161. The Hall–Kier alpha value is -5.04. The summed E-state index contributed by atoms with van der Waals surface area (Å²) in [4.78, 5) is 28.0. The number of halogens is 3. The number of anilines is 2. The van der Waals surface area contributed by atoms with Gasteiger partial charge in [-0.15, -0.1) is 13.2 Å². The van der Waals surface area contributed by atoms with E-state index >= 15 is 0 Å². The van der Waals surface area contributed by atoms with Gasteiger partial charge in [-0.1, -0.05) is 36.4 Å². The minimum atomic E-state index is -4.92. The minimum absolute atomic E-state index is 0.0227. The van der Waals surface area contributed by atoms with Crippen molar-refractivity contribution in [3.63, 3.8) is 0 Å². The molecule has 0 aromatic heterocycles. The summed E-state index contributed by atoms with van der Waals surface area (Å²) in [6, 6.07) is 24.2. The first-order chi connectivity index (χ1) is 20.8. The summed E-state index contributed by atoms with van der Waals surface area (Å²) in [5.41, 5.74) is 1.48. The molecule has 0 fully saturated rings. The van der Waals surface area contributed by atoms with E-state index in [2.05, 4.69) is 14.8 Å². The molecule has 2 amide bonds. The maximum Gasteiger partial charge on any atom is 0.573 e. The smallest absolute Gasteiger partial charge is 0.497 e. The van der Waals surface area contributed by atoms with Crippen LogP contribution in [0.15, 0.2) is 108 Å². The standard InChI is InChI=1S/C31H28F3N3O6S/c1-37(24-11-13-25(42-2)14-12-24)30(39)28(19-21-7-4-3-5-8-21)35-29(38)22-9-6-10-23(20-22)36-44(40,41)27-17-15-26(16-18-27)43-31(32,33)34/h3-18,20,28,36H,19H2,1-2H3,(H,35,38)/t28-/m0/s1. The highest BCUT2D eigenvalue weighted by molar-refractivity contribution is 7.92. The summed E-state index contributed by atoms with van der Waals surface area (Å²) in [7, 11) is -1.11. The van der Waals surface area contributed by atoms with Crippen LogP contribution in [0.5, 0.6) is 11.5 Å². The van der Waals surface area contributed by atoms with E-state index in [1.165, 1.54) is 36.3 Å². The molecule has 44 heavy (non-hydrogen) atoms. The summed E-state index contributed by atoms with van der Waals surface area (Å²) in [5.74, 6) is -0.974. The number of rotatable bonds is 11. The van der Waals surface area contributed by atoms with E-state index in [9.17, 15) is 31.2 Å². The van der Waals surface area contributed by atoms with Crippen LogP contribution in [0.3, 0.4) is 0 Å². The second kappa shape index (κ2) is 13.5. The zero-order valence-corrected chi connectivity index (χ0v) is 24.4. The van der Waals surface area contributed by atoms with Crippen molar-refractivity contribution in [1.29, 1.82) is 0 Å². The van der Waals surface area contributed by atoms with Crippen molar-refractivity contribution in [1.82, 2.24) is 5.32 Å². The summed E-state index contributed by atoms with van der Waals surface area (Å²) in [6.45, 7) is 0. The fourth-order valence-corrected chi connectivity index (χ4v) is 5.27. The number of alkyl halides is 3. The molecular weight excluding hydrogens is 599 g/mol. The molecule has 0 saturated carbocycles. The van der Waals surface area contributed by atoms with Gasteiger partial charge in [0.1, 0.15) is 17.5 Å². The number of sulfonamides is 1. The van der Waals surface area contributed by atoms with Crippen LogP contribution in [0.1, 0.15) is 15.9 Å². The number of carbonyl (C=O) groups is 2. The van der Waals surface area contributed by atoms with Crippen LogP contribution in [-0.2, 0) is 21.2 Å². The molecule has 13 heteroatoms. The van der Waals surface area contributed by atoms with E-state index < -0.39 is 34.1 Å². The normalized spacial score (nSPS) is 12.1. The van der Waals surface area contributed by atoms with Gasteiger partial charge in [0.15, 0.2) is 0 Å². The van der Waals surface area contributed by atoms with Crippen molar-refractivity contribution in [2.75, 3.05) is 23.8 Å². The molecule has 0 aliphatic rings. The van der Waals surface area contributed by atoms with Crippen LogP contribution in [0.4, 0.5) is 24.5 Å². The largest absolute Gasteiger partial charge is 0.573 e. The van der Waals surface area contributed by atoms with Crippen LogP contribution < -0.4 is 24.4 Å². The Morgan fingerprint density at radius 2 is 1.50 bits per heavy atom. The quantitative estimate of drug-likeness (QED) is 0.230. The Kier molecular flexibility index (Phi) is 9.79. The number of carbonyl (C=O) groups excluding carboxylic acids is 2. The molecule has 9 nitrogen and oxygen atoms in total. The molecule has 0 spiro atoms. The molecule has 1 atom stereocenters. The number of methoxy groups -OCH3 is 1. The van der Waals surface area contributed by atoms with E-state index in [0.717, 1.165) is 29.8 Å². The van der Waals surface area contributed by atoms with Gasteiger partial charge in [-0.05, 0) is 72.3 Å². The Morgan fingerprint density at radius 3 is 2.11 bits per heavy atom. The Morgan fingerprint density at radius 1 is 0.864 bits per heavy atom. The van der Waals surface area contributed by atoms with E-state index in [1.54, 1.807) is 31.3 Å². The SMILES string of the molecule is COc1ccc(N(C)C(=O)[C@H](Cc2ccccc2)NC(=O)c2cccc(NS(=O)(=O)c3ccc(OC(F)(F)F)cc3)c2)cc1. The lowest BCUT2D eigenvalue weighted by molar-refractivity contribution is -0.274. The van der Waals surface area contributed by atoms with Crippen LogP contribution in [0.2, 0.25) is 0 Å². The van der Waals surface area contributed by atoms with Crippen molar-refractivity contribution < 1.29 is 40.7 Å². The maximum atomic E-state index is 13.6. The average Bonchev–Trinajstić information content (AvgIpc) is 3.00. The number of hydrogen-bond donors (Lipinski definition) is 2. The van der Waals surface area contributed by atoms with E-state index in [1.807, 2.05) is 30.3 Å². The van der Waals surface area contributed by atoms with Gasteiger partial charge in [-0.2, -0.15) is 0 Å². The molecule has 4 aromatic rings. The molecule has 0 aliphatic heterocycles. The van der Waals surface area contributed by atoms with E-state index in [-0.39, 0.29) is 28.5 Å². The van der Waals surface area contributed by atoms with Gasteiger partial charge in [0.05, 0.1) is 12.0 Å². The number of nitrogens with one attached hydrogen (secondary N) is 2. The highest BCUT2D eigenvalue weighted by atomic mass is 32.2. The number of hydrogen-bond acceptors (Lipinski definition) is 6. The average molecular weight is 628 g/mol. The van der Waals surface area contributed by atoms with Gasteiger partial charge in [0.25, 0.3) is 15.9 Å². The number of ether oxygens (including phenoxy) is 2. The van der Waals surface area contributed by atoms with Gasteiger partial charge in [0.2, 0.25) is 5.91 Å². The lowest BCUT2D eigenvalue weighted by Crippen LogP contribution is -2.48. The van der Waals surface area contributed by atoms with Gasteiger partial charge in [-0.3, -0.25) is 14.3 Å². The summed E-state index contributed by atoms with van der Waals surface area (Å²) < 4.78 is 74.3. The molecule has 0 radical (unpaired) electrons. The van der Waals surface area contributed by atoms with Gasteiger partial charge < -0.3 is 19.7 Å². The highest BCUT2D eigenvalue weighted by Crippen LogP contribution is 2.25. The zero-order chi connectivity index (χ0) is 31.9. The first-order valence-corrected chi connectivity index (χ1v) is 14.6. The van der Waals surface area contributed by atoms with Crippen molar-refractivity contribution in [2.45, 2.75) is 23.7 Å². The van der Waals surface area contributed by atoms with Crippen LogP contribution in [0.25, 0.3) is 0 Å². The van der Waals surface area contributed by atoms with Crippen LogP contribution in [0, 0.1) is 0 Å². The molecule has 4 rings (SSSR count). The predicted octanol–water partition coefficient (Wildman–Crippen LogP) is 5.40. The summed E-state index contributed by atoms with van der Waals surface area (Å²) in [5, 5.41) is 2.76. The lowest BCUT2D eigenvalue weighted by Gasteiger charge is -2.25. The van der Waals surface area contributed by atoms with Gasteiger partial charge in [-0.25, -0.2) is 8.42 Å². The van der Waals surface area contributed by atoms with E-state index in [4.69, 9.17) is 4.74 Å². The first kappa shape index (κ1) is 31.9. The van der Waals surface area contributed by atoms with Crippen molar-refractivity contribution >= 4 is 33.2 Å². The molecule has 230 valence electrons. The molecule has 0 bridgehead atoms. The molecule has 0 saturated heterocycles. The third-order valence-electron chi connectivity index (χ3n) is 6.42. The first-order valence-electron chi connectivity index (χ1n) is 13.1. The van der Waals surface area contributed by atoms with Gasteiger partial charge in [0, 0.05) is 30.4 Å².